The molecule has 0 amide bonds. The Balaban J connectivity index is 1.84. The lowest BCUT2D eigenvalue weighted by Crippen LogP contribution is -2.35. The van der Waals surface area contributed by atoms with Crippen molar-refractivity contribution in [3.63, 3.8) is 0 Å². The van der Waals surface area contributed by atoms with Gasteiger partial charge < -0.3 is 10.1 Å². The lowest BCUT2D eigenvalue weighted by atomic mass is 10.0. The molecule has 1 aromatic carbocycles. The van der Waals surface area contributed by atoms with Gasteiger partial charge in [0.25, 0.3) is 0 Å². The van der Waals surface area contributed by atoms with Crippen LogP contribution in [0.3, 0.4) is 0 Å². The zero-order valence-corrected chi connectivity index (χ0v) is 16.3. The van der Waals surface area contributed by atoms with Crippen LogP contribution in [0.2, 0.25) is 0 Å². The Hall–Kier alpha value is -1.30. The van der Waals surface area contributed by atoms with Gasteiger partial charge in [-0.1, -0.05) is 19.9 Å². The standard InChI is InChI=1S/C20H29N3OS/c1-15(2)8-9-16-14-21-11-5-13-23(16)25-19-7-4-6-18-17(19)10-12-22-20(18)24-3/h4,6-7,10,12,15-16,21H,5,8-9,11,13-14H2,1-3H3. The number of nitrogens with zero attached hydrogens (tertiary/aromatic N) is 2. The first-order valence-corrected chi connectivity index (χ1v) is 10.0. The van der Waals surface area contributed by atoms with Gasteiger partial charge in [-0.25, -0.2) is 9.29 Å². The second-order valence-electron chi connectivity index (χ2n) is 7.09. The molecule has 1 fully saturated rings. The molecular weight excluding hydrogens is 330 g/mol. The molecule has 5 heteroatoms. The average Bonchev–Trinajstić information content (AvgIpc) is 2.85. The van der Waals surface area contributed by atoms with Crippen molar-refractivity contribution >= 4 is 22.7 Å². The minimum Gasteiger partial charge on any atom is -0.481 e. The predicted octanol–water partition coefficient (Wildman–Crippen LogP) is 4.35. The number of pyridine rings is 1. The maximum absolute atomic E-state index is 5.43. The second-order valence-corrected chi connectivity index (χ2v) is 8.18. The Bertz CT molecular complexity index is 692. The van der Waals surface area contributed by atoms with Crippen LogP contribution in [0.25, 0.3) is 10.8 Å². The number of methoxy groups -OCH3 is 1. The Morgan fingerprint density at radius 2 is 2.20 bits per heavy atom. The Morgan fingerprint density at radius 1 is 1.32 bits per heavy atom. The van der Waals surface area contributed by atoms with Gasteiger partial charge in [-0.3, -0.25) is 0 Å². The summed E-state index contributed by atoms with van der Waals surface area (Å²) in [4.78, 5) is 5.62. The molecule has 25 heavy (non-hydrogen) atoms. The Morgan fingerprint density at radius 3 is 3.00 bits per heavy atom. The first-order chi connectivity index (χ1) is 12.2. The molecule has 4 nitrogen and oxygen atoms in total. The first-order valence-electron chi connectivity index (χ1n) is 9.26. The smallest absolute Gasteiger partial charge is 0.221 e. The summed E-state index contributed by atoms with van der Waals surface area (Å²) in [6.45, 7) is 7.94. The van der Waals surface area contributed by atoms with Crippen molar-refractivity contribution in [1.29, 1.82) is 0 Å². The van der Waals surface area contributed by atoms with E-state index in [9.17, 15) is 0 Å². The molecule has 2 heterocycles. The van der Waals surface area contributed by atoms with E-state index in [0.29, 0.717) is 11.9 Å². The molecule has 0 bridgehead atoms. The third-order valence-electron chi connectivity index (χ3n) is 4.73. The maximum atomic E-state index is 5.43. The average molecular weight is 360 g/mol. The third kappa shape index (κ3) is 4.66. The number of fused-ring (bicyclic) bond motifs is 1. The van der Waals surface area contributed by atoms with Crippen LogP contribution in [0.15, 0.2) is 35.4 Å². The molecule has 1 unspecified atom stereocenters. The lowest BCUT2D eigenvalue weighted by molar-refractivity contribution is 0.329. The van der Waals surface area contributed by atoms with Gasteiger partial charge in [-0.05, 0) is 61.9 Å². The summed E-state index contributed by atoms with van der Waals surface area (Å²) in [7, 11) is 1.68. The van der Waals surface area contributed by atoms with Crippen molar-refractivity contribution in [3.8, 4) is 5.88 Å². The van der Waals surface area contributed by atoms with Crippen molar-refractivity contribution in [2.45, 2.75) is 44.0 Å². The van der Waals surface area contributed by atoms with Crippen LogP contribution in [0.5, 0.6) is 5.88 Å². The van der Waals surface area contributed by atoms with Gasteiger partial charge in [0, 0.05) is 41.0 Å². The zero-order chi connectivity index (χ0) is 17.6. The van der Waals surface area contributed by atoms with Crippen LogP contribution in [0.4, 0.5) is 0 Å². The highest BCUT2D eigenvalue weighted by atomic mass is 32.2. The lowest BCUT2D eigenvalue weighted by Gasteiger charge is -2.29. The molecule has 1 N–H and O–H groups in total. The maximum Gasteiger partial charge on any atom is 0.221 e. The quantitative estimate of drug-likeness (QED) is 0.776. The number of aromatic nitrogens is 1. The summed E-state index contributed by atoms with van der Waals surface area (Å²) in [5.41, 5.74) is 0. The van der Waals surface area contributed by atoms with Crippen LogP contribution >= 0.6 is 11.9 Å². The van der Waals surface area contributed by atoms with Gasteiger partial charge in [-0.2, -0.15) is 0 Å². The van der Waals surface area contributed by atoms with Crippen LogP contribution in [0, 0.1) is 5.92 Å². The summed E-state index contributed by atoms with van der Waals surface area (Å²) in [6, 6.07) is 9.08. The molecule has 136 valence electrons. The Labute approximate surface area is 155 Å². The number of nitrogens with one attached hydrogen (secondary N) is 1. The van der Waals surface area contributed by atoms with E-state index in [0.717, 1.165) is 30.9 Å². The normalized spacial score (nSPS) is 19.3. The minimum absolute atomic E-state index is 0.578. The fourth-order valence-electron chi connectivity index (χ4n) is 3.32. The van der Waals surface area contributed by atoms with Gasteiger partial charge in [-0.15, -0.1) is 0 Å². The highest BCUT2D eigenvalue weighted by molar-refractivity contribution is 7.97. The van der Waals surface area contributed by atoms with Crippen molar-refractivity contribution in [2.24, 2.45) is 5.92 Å². The summed E-state index contributed by atoms with van der Waals surface area (Å²) in [6.07, 6.45) is 5.55. The molecular formula is C20H29N3OS. The summed E-state index contributed by atoms with van der Waals surface area (Å²) >= 11 is 1.90. The van der Waals surface area contributed by atoms with Gasteiger partial charge >= 0.3 is 0 Å². The van der Waals surface area contributed by atoms with Crippen LogP contribution in [0.1, 0.15) is 33.1 Å². The zero-order valence-electron chi connectivity index (χ0n) is 15.5. The first kappa shape index (κ1) is 18.5. The van der Waals surface area contributed by atoms with E-state index in [1.807, 2.05) is 18.1 Å². The number of hydrogen-bond acceptors (Lipinski definition) is 5. The summed E-state index contributed by atoms with van der Waals surface area (Å²) < 4.78 is 8.02. The molecule has 1 atom stereocenters. The van der Waals surface area contributed by atoms with Gasteiger partial charge in [0.1, 0.15) is 0 Å². The fourth-order valence-corrected chi connectivity index (χ4v) is 4.54. The van der Waals surface area contributed by atoms with E-state index in [1.165, 1.54) is 29.5 Å². The molecule has 1 aliphatic heterocycles. The van der Waals surface area contributed by atoms with Crippen molar-refractivity contribution in [2.75, 3.05) is 26.7 Å². The predicted molar refractivity (Wildman–Crippen MR) is 106 cm³/mol. The van der Waals surface area contributed by atoms with Gasteiger partial charge in [0.05, 0.1) is 7.11 Å². The van der Waals surface area contributed by atoms with Crippen LogP contribution in [-0.4, -0.2) is 42.1 Å². The molecule has 1 aliphatic rings. The minimum atomic E-state index is 0.578. The van der Waals surface area contributed by atoms with E-state index >= 15 is 0 Å². The Kier molecular flexibility index (Phi) is 6.57. The van der Waals surface area contributed by atoms with Crippen LogP contribution in [-0.2, 0) is 0 Å². The van der Waals surface area contributed by atoms with E-state index in [1.54, 1.807) is 7.11 Å². The molecule has 0 saturated carbocycles. The molecule has 3 rings (SSSR count). The summed E-state index contributed by atoms with van der Waals surface area (Å²) in [5, 5.41) is 5.91. The molecule has 2 aromatic rings. The number of rotatable bonds is 6. The molecule has 0 aliphatic carbocycles. The number of benzene rings is 1. The monoisotopic (exact) mass is 359 g/mol. The topological polar surface area (TPSA) is 37.4 Å². The highest BCUT2D eigenvalue weighted by Crippen LogP contribution is 2.35. The van der Waals surface area contributed by atoms with Crippen molar-refractivity contribution in [1.82, 2.24) is 14.6 Å². The largest absolute Gasteiger partial charge is 0.481 e. The SMILES string of the molecule is COc1nccc2c(SN3CCCNCC3CCC(C)C)cccc12. The van der Waals surface area contributed by atoms with E-state index in [-0.39, 0.29) is 0 Å². The van der Waals surface area contributed by atoms with Gasteiger partial charge in [0.2, 0.25) is 5.88 Å². The number of hydrogen-bond donors (Lipinski definition) is 1. The van der Waals surface area contributed by atoms with Gasteiger partial charge in [0.15, 0.2) is 0 Å². The molecule has 1 aromatic heterocycles. The van der Waals surface area contributed by atoms with Crippen molar-refractivity contribution < 1.29 is 4.74 Å². The van der Waals surface area contributed by atoms with E-state index < -0.39 is 0 Å². The third-order valence-corrected chi connectivity index (χ3v) is 6.00. The van der Waals surface area contributed by atoms with Crippen molar-refractivity contribution in [3.05, 3.63) is 30.5 Å². The molecule has 0 spiro atoms. The molecule has 1 saturated heterocycles. The second kappa shape index (κ2) is 8.88. The fraction of sp³-hybridized carbons (Fsp3) is 0.550. The molecule has 0 radical (unpaired) electrons. The number of ether oxygens (including phenoxy) is 1. The highest BCUT2D eigenvalue weighted by Gasteiger charge is 2.23. The van der Waals surface area contributed by atoms with E-state index in [4.69, 9.17) is 4.74 Å². The van der Waals surface area contributed by atoms with Crippen LogP contribution < -0.4 is 10.1 Å². The van der Waals surface area contributed by atoms with E-state index in [2.05, 4.69) is 52.7 Å². The summed E-state index contributed by atoms with van der Waals surface area (Å²) in [5.74, 6) is 1.46.